The highest BCUT2D eigenvalue weighted by molar-refractivity contribution is 9.10. The first-order chi connectivity index (χ1) is 20.0. The molecular formula is C32H28BrN5O3. The lowest BCUT2D eigenvalue weighted by Gasteiger charge is -2.26. The van der Waals surface area contributed by atoms with Gasteiger partial charge in [-0.25, -0.2) is 4.79 Å². The largest absolute Gasteiger partial charge is 0.460 e. The Hall–Kier alpha value is -4.50. The van der Waals surface area contributed by atoms with E-state index < -0.39 is 12.0 Å². The van der Waals surface area contributed by atoms with Gasteiger partial charge < -0.3 is 15.0 Å². The van der Waals surface area contributed by atoms with Crippen LogP contribution in [0.2, 0.25) is 0 Å². The highest BCUT2D eigenvalue weighted by atomic mass is 79.9. The Kier molecular flexibility index (Phi) is 7.78. The van der Waals surface area contributed by atoms with Crippen LogP contribution in [0.25, 0.3) is 10.8 Å². The summed E-state index contributed by atoms with van der Waals surface area (Å²) in [6, 6.07) is 25.1. The Bertz CT molecular complexity index is 1680. The zero-order valence-electron chi connectivity index (χ0n) is 22.2. The first kappa shape index (κ1) is 26.7. The van der Waals surface area contributed by atoms with Crippen molar-refractivity contribution in [1.29, 1.82) is 0 Å². The molecule has 6 rings (SSSR count). The molecule has 0 radical (unpaired) electrons. The number of benzene rings is 3. The molecule has 0 aliphatic carbocycles. The van der Waals surface area contributed by atoms with Crippen molar-refractivity contribution in [1.82, 2.24) is 20.1 Å². The Morgan fingerprint density at radius 2 is 1.83 bits per heavy atom. The molecule has 0 saturated carbocycles. The van der Waals surface area contributed by atoms with Crippen molar-refractivity contribution in [3.63, 3.8) is 0 Å². The Morgan fingerprint density at radius 1 is 1.00 bits per heavy atom. The van der Waals surface area contributed by atoms with Crippen LogP contribution >= 0.6 is 15.9 Å². The molecule has 0 fully saturated rings. The van der Waals surface area contributed by atoms with Gasteiger partial charge in [0.1, 0.15) is 6.61 Å². The SMILES string of the molecule is O=C1N[C@@H](COC(=O)c2cccc3cnccc23)CN(Cc2ccc(Br)cc2)c2cn(CCc3ccccc3)nc21. The van der Waals surface area contributed by atoms with Gasteiger partial charge in [-0.05, 0) is 47.2 Å². The fourth-order valence-electron chi connectivity index (χ4n) is 5.08. The summed E-state index contributed by atoms with van der Waals surface area (Å²) in [7, 11) is 0. The third-order valence-electron chi connectivity index (χ3n) is 7.15. The van der Waals surface area contributed by atoms with E-state index in [9.17, 15) is 9.59 Å². The van der Waals surface area contributed by atoms with E-state index >= 15 is 0 Å². The number of amides is 1. The molecule has 1 amide bonds. The van der Waals surface area contributed by atoms with Crippen LogP contribution in [0.15, 0.2) is 102 Å². The van der Waals surface area contributed by atoms with Gasteiger partial charge in [0.2, 0.25) is 0 Å². The van der Waals surface area contributed by atoms with Crippen LogP contribution in [0, 0.1) is 0 Å². The molecular weight excluding hydrogens is 582 g/mol. The quantitative estimate of drug-likeness (QED) is 0.237. The topological polar surface area (TPSA) is 89.3 Å². The number of nitrogens with zero attached hydrogens (tertiary/aromatic N) is 4. The van der Waals surface area contributed by atoms with Crippen LogP contribution in [-0.2, 0) is 24.2 Å². The smallest absolute Gasteiger partial charge is 0.338 e. The van der Waals surface area contributed by atoms with E-state index in [2.05, 4.69) is 48.4 Å². The molecule has 41 heavy (non-hydrogen) atoms. The summed E-state index contributed by atoms with van der Waals surface area (Å²) in [6.07, 6.45) is 6.11. The number of pyridine rings is 1. The molecule has 1 atom stereocenters. The fourth-order valence-corrected chi connectivity index (χ4v) is 5.34. The lowest BCUT2D eigenvalue weighted by molar-refractivity contribution is 0.0462. The minimum Gasteiger partial charge on any atom is -0.460 e. The second-order valence-electron chi connectivity index (χ2n) is 10.0. The van der Waals surface area contributed by atoms with E-state index in [0.717, 1.165) is 32.9 Å². The number of ether oxygens (including phenoxy) is 1. The van der Waals surface area contributed by atoms with Crippen LogP contribution in [-0.4, -0.2) is 45.8 Å². The van der Waals surface area contributed by atoms with Crippen molar-refractivity contribution in [2.24, 2.45) is 0 Å². The number of hydrogen-bond acceptors (Lipinski definition) is 6. The molecule has 5 aromatic rings. The molecule has 9 heteroatoms. The molecule has 0 spiro atoms. The second-order valence-corrected chi connectivity index (χ2v) is 11.0. The number of carbonyl (C=O) groups excluding carboxylic acids is 2. The second kappa shape index (κ2) is 11.9. The summed E-state index contributed by atoms with van der Waals surface area (Å²) >= 11 is 3.50. The standard InChI is InChI=1S/C32H28BrN5O3/c33-25-11-9-23(10-12-25)18-37-19-26(21-41-32(40)28-8-4-7-24-17-34-15-13-27(24)28)35-31(39)30-29(37)20-38(36-30)16-14-22-5-2-1-3-6-22/h1-13,15,17,20,26H,14,16,18-19,21H2,(H,35,39)/t26-/m1/s1. The maximum atomic E-state index is 13.4. The number of anilines is 1. The van der Waals surface area contributed by atoms with Gasteiger partial charge in [-0.1, -0.05) is 70.5 Å². The summed E-state index contributed by atoms with van der Waals surface area (Å²) in [5.74, 6) is -0.724. The van der Waals surface area contributed by atoms with Gasteiger partial charge in [0.25, 0.3) is 5.91 Å². The summed E-state index contributed by atoms with van der Waals surface area (Å²) in [4.78, 5) is 32.7. The molecule has 0 bridgehead atoms. The predicted octanol–water partition coefficient (Wildman–Crippen LogP) is 5.41. The average Bonchev–Trinajstić information content (AvgIpc) is 3.39. The Morgan fingerprint density at radius 3 is 2.66 bits per heavy atom. The fraction of sp³-hybridized carbons (Fsp3) is 0.188. The lowest BCUT2D eigenvalue weighted by Crippen LogP contribution is -2.44. The van der Waals surface area contributed by atoms with Crippen molar-refractivity contribution in [2.75, 3.05) is 18.1 Å². The number of hydrogen-bond donors (Lipinski definition) is 1. The van der Waals surface area contributed by atoms with Gasteiger partial charge in [-0.15, -0.1) is 0 Å². The zero-order valence-corrected chi connectivity index (χ0v) is 23.8. The minimum absolute atomic E-state index is 0.0289. The number of aromatic nitrogens is 3. The van der Waals surface area contributed by atoms with Gasteiger partial charge >= 0.3 is 5.97 Å². The highest BCUT2D eigenvalue weighted by Crippen LogP contribution is 2.26. The zero-order chi connectivity index (χ0) is 28.2. The monoisotopic (exact) mass is 609 g/mol. The van der Waals surface area contributed by atoms with Gasteiger partial charge in [0.15, 0.2) is 5.69 Å². The molecule has 8 nitrogen and oxygen atoms in total. The number of rotatable bonds is 8. The molecule has 1 N–H and O–H groups in total. The van der Waals surface area contributed by atoms with Gasteiger partial charge in [0.05, 0.1) is 17.3 Å². The Balaban J connectivity index is 1.22. The van der Waals surface area contributed by atoms with Gasteiger partial charge in [0, 0.05) is 48.1 Å². The van der Waals surface area contributed by atoms with E-state index in [1.165, 1.54) is 5.56 Å². The summed E-state index contributed by atoms with van der Waals surface area (Å²) in [5.41, 5.74) is 3.89. The third-order valence-corrected chi connectivity index (χ3v) is 7.68. The molecule has 206 valence electrons. The number of fused-ring (bicyclic) bond motifs is 2. The highest BCUT2D eigenvalue weighted by Gasteiger charge is 2.30. The van der Waals surface area contributed by atoms with E-state index in [0.29, 0.717) is 30.9 Å². The Labute approximate surface area is 246 Å². The summed E-state index contributed by atoms with van der Waals surface area (Å²) in [6.45, 7) is 1.70. The summed E-state index contributed by atoms with van der Waals surface area (Å²) < 4.78 is 8.58. The molecule has 1 aliphatic heterocycles. The average molecular weight is 611 g/mol. The van der Waals surface area contributed by atoms with E-state index in [-0.39, 0.29) is 12.5 Å². The number of nitrogens with one attached hydrogen (secondary N) is 1. The van der Waals surface area contributed by atoms with Gasteiger partial charge in [-0.3, -0.25) is 14.5 Å². The minimum atomic E-state index is -0.441. The number of aryl methyl sites for hydroxylation is 2. The van der Waals surface area contributed by atoms with E-state index in [4.69, 9.17) is 4.74 Å². The molecule has 1 aliphatic rings. The van der Waals surface area contributed by atoms with Crippen LogP contribution in [0.4, 0.5) is 5.69 Å². The van der Waals surface area contributed by atoms with Crippen molar-refractivity contribution in [2.45, 2.75) is 25.6 Å². The molecule has 0 unspecified atom stereocenters. The molecule has 2 aromatic heterocycles. The molecule has 0 saturated heterocycles. The van der Waals surface area contributed by atoms with Crippen LogP contribution in [0.1, 0.15) is 32.0 Å². The van der Waals surface area contributed by atoms with Crippen molar-refractivity contribution in [3.05, 3.63) is 124 Å². The van der Waals surface area contributed by atoms with Crippen LogP contribution in [0.3, 0.4) is 0 Å². The normalized spacial score (nSPS) is 14.8. The van der Waals surface area contributed by atoms with E-state index in [1.807, 2.05) is 65.5 Å². The van der Waals surface area contributed by atoms with Crippen molar-refractivity contribution < 1.29 is 14.3 Å². The maximum absolute atomic E-state index is 13.4. The third kappa shape index (κ3) is 6.15. The maximum Gasteiger partial charge on any atom is 0.338 e. The first-order valence-corrected chi connectivity index (χ1v) is 14.2. The van der Waals surface area contributed by atoms with Crippen molar-refractivity contribution >= 4 is 44.3 Å². The van der Waals surface area contributed by atoms with E-state index in [1.54, 1.807) is 24.5 Å². The first-order valence-electron chi connectivity index (χ1n) is 13.4. The number of carbonyl (C=O) groups is 2. The number of halogens is 1. The molecule has 3 aromatic carbocycles. The summed E-state index contributed by atoms with van der Waals surface area (Å²) in [5, 5.41) is 9.34. The lowest BCUT2D eigenvalue weighted by atomic mass is 10.1. The van der Waals surface area contributed by atoms with Crippen LogP contribution < -0.4 is 10.2 Å². The molecule has 3 heterocycles. The van der Waals surface area contributed by atoms with Crippen molar-refractivity contribution in [3.8, 4) is 0 Å². The van der Waals surface area contributed by atoms with Gasteiger partial charge in [-0.2, -0.15) is 5.10 Å². The van der Waals surface area contributed by atoms with Crippen LogP contribution in [0.5, 0.6) is 0 Å². The number of esters is 1. The predicted molar refractivity (Wildman–Crippen MR) is 161 cm³/mol.